The van der Waals surface area contributed by atoms with Crippen LogP contribution in [0, 0.1) is 0 Å². The van der Waals surface area contributed by atoms with Crippen molar-refractivity contribution in [2.75, 3.05) is 10.6 Å². The molecule has 0 spiro atoms. The van der Waals surface area contributed by atoms with Crippen molar-refractivity contribution >= 4 is 38.3 Å². The van der Waals surface area contributed by atoms with Gasteiger partial charge in [0.15, 0.2) is 10.9 Å². The summed E-state index contributed by atoms with van der Waals surface area (Å²) in [5.41, 5.74) is 1.58. The largest absolute Gasteiger partial charge is 0.437 e. The minimum atomic E-state index is -4.51. The maximum absolute atomic E-state index is 13.5. The number of nitrogens with one attached hydrogen (secondary N) is 2. The van der Waals surface area contributed by atoms with Crippen LogP contribution in [0.15, 0.2) is 61.3 Å². The van der Waals surface area contributed by atoms with Crippen LogP contribution in [-0.2, 0) is 24.6 Å². The number of imidazole rings is 1. The van der Waals surface area contributed by atoms with Gasteiger partial charge in [-0.25, -0.2) is 19.9 Å². The molecule has 0 saturated carbocycles. The van der Waals surface area contributed by atoms with E-state index in [2.05, 4.69) is 30.6 Å². The normalized spacial score (nSPS) is 11.5. The first kappa shape index (κ1) is 25.1. The third-order valence-corrected chi connectivity index (χ3v) is 6.46. The van der Waals surface area contributed by atoms with Crippen LogP contribution in [0.2, 0.25) is 0 Å². The quantitative estimate of drug-likeness (QED) is 0.266. The molecule has 0 atom stereocenters. The van der Waals surface area contributed by atoms with Gasteiger partial charge in [-0.2, -0.15) is 13.2 Å². The number of rotatable bonds is 7. The molecule has 0 aliphatic rings. The predicted molar refractivity (Wildman–Crippen MR) is 137 cm³/mol. The Morgan fingerprint density at radius 1 is 1.16 bits per heavy atom. The lowest BCUT2D eigenvalue weighted by Gasteiger charge is -2.16. The number of hydrogen-bond acceptors (Lipinski definition) is 8. The molecular weight excluding hydrogens is 519 g/mol. The van der Waals surface area contributed by atoms with Gasteiger partial charge in [0, 0.05) is 37.5 Å². The standard InChI is InChI=1S/C25H20F3N7O2S/c1-14(36)33-24-34-23-20(4-3-5-21(23)38-24)37-22-9-19(31-12-32-22)17-7-6-15(25(26,27)28)8-18(17)30-11-16-10-29-13-35(16)2/h3-10,12-13,30H,11H2,1-2H3,(H,33,34,36). The molecular formula is C25H20F3N7O2S. The molecule has 0 bridgehead atoms. The summed E-state index contributed by atoms with van der Waals surface area (Å²) in [6.45, 7) is 1.65. The second-order valence-electron chi connectivity index (χ2n) is 8.25. The molecule has 3 heterocycles. The van der Waals surface area contributed by atoms with Gasteiger partial charge in [0.2, 0.25) is 11.8 Å². The number of aryl methyl sites for hydroxylation is 1. The second kappa shape index (κ2) is 10.1. The Labute approximate surface area is 218 Å². The minimum absolute atomic E-state index is 0.175. The third kappa shape index (κ3) is 5.42. The molecule has 0 saturated heterocycles. The summed E-state index contributed by atoms with van der Waals surface area (Å²) >= 11 is 1.30. The number of anilines is 2. The molecule has 0 aliphatic carbocycles. The Hall–Kier alpha value is -4.52. The van der Waals surface area contributed by atoms with Crippen LogP contribution >= 0.6 is 11.3 Å². The van der Waals surface area contributed by atoms with E-state index in [-0.39, 0.29) is 24.0 Å². The van der Waals surface area contributed by atoms with Gasteiger partial charge in [0.25, 0.3) is 0 Å². The highest BCUT2D eigenvalue weighted by Crippen LogP contribution is 2.38. The molecule has 13 heteroatoms. The summed E-state index contributed by atoms with van der Waals surface area (Å²) in [4.78, 5) is 28.3. The number of fused-ring (bicyclic) bond motifs is 1. The molecule has 5 aromatic rings. The summed E-state index contributed by atoms with van der Waals surface area (Å²) in [6, 6.07) is 10.3. The highest BCUT2D eigenvalue weighted by molar-refractivity contribution is 7.22. The van der Waals surface area contributed by atoms with Crippen molar-refractivity contribution in [3.05, 3.63) is 72.6 Å². The van der Waals surface area contributed by atoms with Gasteiger partial charge in [0.1, 0.15) is 11.8 Å². The van der Waals surface area contributed by atoms with Crippen molar-refractivity contribution in [1.82, 2.24) is 24.5 Å². The van der Waals surface area contributed by atoms with Crippen LogP contribution in [0.4, 0.5) is 24.0 Å². The molecule has 1 amide bonds. The first-order chi connectivity index (χ1) is 18.2. The molecule has 38 heavy (non-hydrogen) atoms. The Morgan fingerprint density at radius 3 is 2.74 bits per heavy atom. The lowest BCUT2D eigenvalue weighted by atomic mass is 10.1. The van der Waals surface area contributed by atoms with Crippen LogP contribution in [0.25, 0.3) is 21.5 Å². The van der Waals surface area contributed by atoms with Gasteiger partial charge in [-0.3, -0.25) is 4.79 Å². The zero-order chi connectivity index (χ0) is 26.9. The summed E-state index contributed by atoms with van der Waals surface area (Å²) in [5.74, 6) is 0.340. The van der Waals surface area contributed by atoms with Crippen molar-refractivity contribution in [3.8, 4) is 22.9 Å². The zero-order valence-corrected chi connectivity index (χ0v) is 20.9. The van der Waals surface area contributed by atoms with Crippen molar-refractivity contribution in [2.45, 2.75) is 19.6 Å². The average molecular weight is 540 g/mol. The number of alkyl halides is 3. The van der Waals surface area contributed by atoms with Crippen molar-refractivity contribution in [2.24, 2.45) is 7.05 Å². The highest BCUT2D eigenvalue weighted by Gasteiger charge is 2.31. The number of benzene rings is 2. The Morgan fingerprint density at radius 2 is 2.00 bits per heavy atom. The number of amides is 1. The summed E-state index contributed by atoms with van der Waals surface area (Å²) in [5, 5.41) is 6.16. The highest BCUT2D eigenvalue weighted by atomic mass is 32.1. The summed E-state index contributed by atoms with van der Waals surface area (Å²) in [7, 11) is 1.80. The van der Waals surface area contributed by atoms with Crippen molar-refractivity contribution in [1.29, 1.82) is 0 Å². The number of carbonyl (C=O) groups excluding carboxylic acids is 1. The number of aromatic nitrogens is 5. The van der Waals surface area contributed by atoms with Crippen LogP contribution in [0.1, 0.15) is 18.2 Å². The van der Waals surface area contributed by atoms with Crippen molar-refractivity contribution < 1.29 is 22.7 Å². The van der Waals surface area contributed by atoms with E-state index in [1.807, 2.05) is 6.07 Å². The van der Waals surface area contributed by atoms with Gasteiger partial charge in [0.05, 0.1) is 34.5 Å². The van der Waals surface area contributed by atoms with Crippen molar-refractivity contribution in [3.63, 3.8) is 0 Å². The Bertz CT molecular complexity index is 1630. The van der Waals surface area contributed by atoms with E-state index >= 15 is 0 Å². The topological polar surface area (TPSA) is 107 Å². The number of hydrogen-bond donors (Lipinski definition) is 2. The smallest absolute Gasteiger partial charge is 0.416 e. The molecule has 0 aliphatic heterocycles. The monoisotopic (exact) mass is 539 g/mol. The number of nitrogens with zero attached hydrogens (tertiary/aromatic N) is 5. The molecule has 0 fully saturated rings. The SMILES string of the molecule is CC(=O)Nc1nc2c(Oc3cc(-c4ccc(C(F)(F)F)cc4NCc4cncn4C)ncn3)cccc2s1. The van der Waals surface area contributed by atoms with E-state index < -0.39 is 11.7 Å². The van der Waals surface area contributed by atoms with Crippen LogP contribution in [0.3, 0.4) is 0 Å². The Kier molecular flexibility index (Phi) is 6.68. The van der Waals surface area contributed by atoms with Gasteiger partial charge >= 0.3 is 6.18 Å². The van der Waals surface area contributed by atoms with E-state index in [0.717, 1.165) is 22.5 Å². The van der Waals surface area contributed by atoms with Gasteiger partial charge in [-0.05, 0) is 24.3 Å². The van der Waals surface area contributed by atoms with Crippen LogP contribution in [0.5, 0.6) is 11.6 Å². The molecule has 194 valence electrons. The number of para-hydroxylation sites is 1. The van der Waals surface area contributed by atoms with Gasteiger partial charge < -0.3 is 19.9 Å². The van der Waals surface area contributed by atoms with Gasteiger partial charge in [-0.1, -0.05) is 23.5 Å². The van der Waals surface area contributed by atoms with E-state index in [1.54, 1.807) is 36.3 Å². The first-order valence-electron chi connectivity index (χ1n) is 11.2. The zero-order valence-electron chi connectivity index (χ0n) is 20.1. The molecule has 0 unspecified atom stereocenters. The third-order valence-electron chi connectivity index (χ3n) is 5.52. The van der Waals surface area contributed by atoms with E-state index in [9.17, 15) is 18.0 Å². The molecule has 0 radical (unpaired) electrons. The Balaban J connectivity index is 1.47. The van der Waals surface area contributed by atoms with Crippen LogP contribution < -0.4 is 15.4 Å². The fourth-order valence-electron chi connectivity index (χ4n) is 3.70. The summed E-state index contributed by atoms with van der Waals surface area (Å²) < 4.78 is 49.0. The number of thiazole rings is 1. The summed E-state index contributed by atoms with van der Waals surface area (Å²) in [6.07, 6.45) is 0.00829. The van der Waals surface area contributed by atoms with E-state index in [4.69, 9.17) is 4.74 Å². The maximum atomic E-state index is 13.5. The lowest BCUT2D eigenvalue weighted by Crippen LogP contribution is -2.09. The van der Waals surface area contributed by atoms with E-state index in [1.165, 1.54) is 36.7 Å². The second-order valence-corrected chi connectivity index (χ2v) is 9.28. The van der Waals surface area contributed by atoms with E-state index in [0.29, 0.717) is 27.7 Å². The number of carbonyl (C=O) groups is 1. The molecule has 3 aromatic heterocycles. The van der Waals surface area contributed by atoms with Gasteiger partial charge in [-0.15, -0.1) is 0 Å². The lowest BCUT2D eigenvalue weighted by molar-refractivity contribution is -0.137. The molecule has 5 rings (SSSR count). The fourth-order valence-corrected chi connectivity index (χ4v) is 4.63. The molecule has 9 nitrogen and oxygen atoms in total. The maximum Gasteiger partial charge on any atom is 0.416 e. The number of ether oxygens (including phenoxy) is 1. The average Bonchev–Trinajstić information content (AvgIpc) is 3.47. The molecule has 2 N–H and O–H groups in total. The minimum Gasteiger partial charge on any atom is -0.437 e. The predicted octanol–water partition coefficient (Wildman–Crippen LogP) is 5.87. The first-order valence-corrected chi connectivity index (χ1v) is 12.1. The molecule has 2 aromatic carbocycles. The fraction of sp³-hybridized carbons (Fsp3) is 0.160. The number of halogens is 3. The van der Waals surface area contributed by atoms with Crippen LogP contribution in [-0.4, -0.2) is 30.4 Å².